The molecule has 5 heterocycles. The molecule has 4 N–H and O–H groups in total. The summed E-state index contributed by atoms with van der Waals surface area (Å²) in [5.41, 5.74) is 5.13. The molecule has 1 saturated carbocycles. The lowest BCUT2D eigenvalue weighted by Crippen LogP contribution is -2.49. The number of benzene rings is 2. The SMILES string of the molecule is COC(=O)N[C@@H](C)C(=O)N1CCC[C@H]1c1ncc(-c2ccc3cc(-c4cc5[nH]c([C@@H]6CCCN6C(=O)[C@@H](NC(=O)OC)C6CC6)nc5cn4)ccc3c2)[nH]1. The van der Waals surface area contributed by atoms with E-state index >= 15 is 0 Å². The zero-order valence-electron chi connectivity index (χ0n) is 30.4. The second kappa shape index (κ2) is 14.4. The maximum atomic E-state index is 13.6. The average molecular weight is 734 g/mol. The van der Waals surface area contributed by atoms with Crippen molar-refractivity contribution in [2.45, 2.75) is 69.6 Å². The van der Waals surface area contributed by atoms with Crippen molar-refractivity contribution in [1.29, 1.82) is 0 Å². The van der Waals surface area contributed by atoms with Crippen LogP contribution in [0.4, 0.5) is 9.59 Å². The van der Waals surface area contributed by atoms with Crippen LogP contribution in [-0.2, 0) is 19.1 Å². The highest BCUT2D eigenvalue weighted by Crippen LogP contribution is 2.38. The minimum Gasteiger partial charge on any atom is -0.453 e. The van der Waals surface area contributed by atoms with Crippen LogP contribution in [0.1, 0.15) is 69.2 Å². The molecule has 54 heavy (non-hydrogen) atoms. The van der Waals surface area contributed by atoms with Crippen LogP contribution >= 0.6 is 0 Å². The minimum absolute atomic E-state index is 0.0922. The molecule has 0 unspecified atom stereocenters. The number of ether oxygens (including phenoxy) is 2. The first-order valence-electron chi connectivity index (χ1n) is 18.5. The number of imidazole rings is 2. The van der Waals surface area contributed by atoms with Gasteiger partial charge in [0.05, 0.1) is 55.6 Å². The fourth-order valence-corrected chi connectivity index (χ4v) is 7.83. The van der Waals surface area contributed by atoms with Crippen molar-refractivity contribution < 1.29 is 28.7 Å². The van der Waals surface area contributed by atoms with Crippen molar-refractivity contribution in [2.24, 2.45) is 5.92 Å². The molecule has 5 aromatic rings. The predicted molar refractivity (Wildman–Crippen MR) is 199 cm³/mol. The molecule has 15 nitrogen and oxygen atoms in total. The number of hydrogen-bond acceptors (Lipinski definition) is 9. The summed E-state index contributed by atoms with van der Waals surface area (Å²) in [6.07, 6.45) is 7.39. The predicted octanol–water partition coefficient (Wildman–Crippen LogP) is 5.37. The molecule has 0 bridgehead atoms. The fraction of sp³-hybridized carbons (Fsp3) is 0.410. The number of fused-ring (bicyclic) bond motifs is 2. The van der Waals surface area contributed by atoms with Crippen LogP contribution in [0.25, 0.3) is 44.3 Å². The van der Waals surface area contributed by atoms with Gasteiger partial charge in [0, 0.05) is 24.2 Å². The molecule has 2 aliphatic heterocycles. The Morgan fingerprint density at radius 1 is 0.759 bits per heavy atom. The van der Waals surface area contributed by atoms with Crippen molar-refractivity contribution in [2.75, 3.05) is 27.3 Å². The number of rotatable bonds is 9. The van der Waals surface area contributed by atoms with Crippen LogP contribution in [0.2, 0.25) is 0 Å². The molecule has 4 amide bonds. The largest absolute Gasteiger partial charge is 0.453 e. The summed E-state index contributed by atoms with van der Waals surface area (Å²) in [6, 6.07) is 12.7. The first-order chi connectivity index (χ1) is 26.2. The monoisotopic (exact) mass is 733 g/mol. The van der Waals surface area contributed by atoms with Crippen molar-refractivity contribution in [3.63, 3.8) is 0 Å². The van der Waals surface area contributed by atoms with Crippen molar-refractivity contribution in [1.82, 2.24) is 45.4 Å². The van der Waals surface area contributed by atoms with Crippen molar-refractivity contribution >= 4 is 45.8 Å². The van der Waals surface area contributed by atoms with E-state index in [1.54, 1.807) is 24.2 Å². The van der Waals surface area contributed by atoms with Gasteiger partial charge < -0.3 is 39.9 Å². The number of alkyl carbamates (subject to hydrolysis) is 2. The van der Waals surface area contributed by atoms with Gasteiger partial charge >= 0.3 is 12.2 Å². The number of hydrogen-bond donors (Lipinski definition) is 4. The van der Waals surface area contributed by atoms with Crippen LogP contribution in [-0.4, -0.2) is 98.1 Å². The van der Waals surface area contributed by atoms with Gasteiger partial charge in [0.25, 0.3) is 0 Å². The Balaban J connectivity index is 0.978. The summed E-state index contributed by atoms with van der Waals surface area (Å²) in [7, 11) is 2.58. The van der Waals surface area contributed by atoms with Gasteiger partial charge in [-0.25, -0.2) is 19.6 Å². The van der Waals surface area contributed by atoms with E-state index in [2.05, 4.69) is 54.6 Å². The normalized spacial score (nSPS) is 19.5. The Kier molecular flexibility index (Phi) is 9.38. The van der Waals surface area contributed by atoms with E-state index in [0.717, 1.165) is 82.8 Å². The molecule has 3 aromatic heterocycles. The topological polar surface area (TPSA) is 188 Å². The zero-order valence-corrected chi connectivity index (χ0v) is 30.4. The lowest BCUT2D eigenvalue weighted by atomic mass is 10.0. The Bertz CT molecular complexity index is 2250. The third-order valence-electron chi connectivity index (χ3n) is 10.8. The Morgan fingerprint density at radius 3 is 2.11 bits per heavy atom. The first kappa shape index (κ1) is 35.1. The van der Waals surface area contributed by atoms with Gasteiger partial charge in [-0.1, -0.05) is 24.3 Å². The number of carbonyl (C=O) groups is 4. The van der Waals surface area contributed by atoms with Gasteiger partial charge in [0.2, 0.25) is 11.8 Å². The van der Waals surface area contributed by atoms with Gasteiger partial charge in [-0.05, 0) is 80.3 Å². The summed E-state index contributed by atoms with van der Waals surface area (Å²) >= 11 is 0. The van der Waals surface area contributed by atoms with Gasteiger partial charge in [0.1, 0.15) is 29.2 Å². The van der Waals surface area contributed by atoms with Crippen molar-refractivity contribution in [3.8, 4) is 22.5 Å². The van der Waals surface area contributed by atoms with Crippen LogP contribution in [0.5, 0.6) is 0 Å². The Morgan fingerprint density at radius 2 is 1.41 bits per heavy atom. The summed E-state index contributed by atoms with van der Waals surface area (Å²) in [6.45, 7) is 2.85. The zero-order chi connectivity index (χ0) is 37.5. The van der Waals surface area contributed by atoms with Gasteiger partial charge in [0.15, 0.2) is 0 Å². The Hall–Kier alpha value is -5.99. The summed E-state index contributed by atoms with van der Waals surface area (Å²) in [5, 5.41) is 7.42. The summed E-state index contributed by atoms with van der Waals surface area (Å²) in [4.78, 5) is 75.2. The van der Waals surface area contributed by atoms with Crippen molar-refractivity contribution in [3.05, 3.63) is 66.5 Å². The number of aromatic nitrogens is 5. The number of methoxy groups -OCH3 is 2. The third-order valence-corrected chi connectivity index (χ3v) is 10.8. The van der Waals surface area contributed by atoms with Gasteiger partial charge in [-0.3, -0.25) is 14.6 Å². The molecule has 2 saturated heterocycles. The first-order valence-corrected chi connectivity index (χ1v) is 18.5. The molecule has 15 heteroatoms. The maximum absolute atomic E-state index is 13.6. The standard InChI is InChI=1S/C39H43N9O6/c1-21(42-38(51)53-2)36(49)47-14-4-6-31(47)34-41-19-29(44-34)26-13-11-23-16-25(12-10-24(23)17-26)27-18-28-30(20-40-27)45-35(43-28)32-7-5-15-48(32)37(50)33(22-8-9-22)46-39(52)54-3/h10-13,16-22,31-33H,4-9,14-15H2,1-3H3,(H,41,44)(H,42,51)(H,43,45)(H,46,52)/t21-,31-,32-,33-/m0/s1. The van der Waals surface area contributed by atoms with Gasteiger partial charge in [-0.15, -0.1) is 0 Å². The van der Waals surface area contributed by atoms with Gasteiger partial charge in [-0.2, -0.15) is 0 Å². The number of H-pyrrole nitrogens is 2. The summed E-state index contributed by atoms with van der Waals surface area (Å²) < 4.78 is 9.44. The van der Waals surface area contributed by atoms with Crippen LogP contribution < -0.4 is 10.6 Å². The van der Waals surface area contributed by atoms with Crippen LogP contribution in [0.3, 0.4) is 0 Å². The molecule has 3 fully saturated rings. The minimum atomic E-state index is -0.712. The molecular weight excluding hydrogens is 690 g/mol. The van der Waals surface area contributed by atoms with E-state index in [9.17, 15) is 19.2 Å². The molecule has 4 atom stereocenters. The molecule has 2 aromatic carbocycles. The van der Waals surface area contributed by atoms with E-state index < -0.39 is 24.3 Å². The second-order valence-corrected chi connectivity index (χ2v) is 14.4. The van der Waals surface area contributed by atoms with E-state index in [4.69, 9.17) is 14.7 Å². The van der Waals surface area contributed by atoms with E-state index in [1.807, 2.05) is 23.1 Å². The average Bonchev–Trinajstić information content (AvgIpc) is 3.62. The van der Waals surface area contributed by atoms with E-state index in [0.29, 0.717) is 24.7 Å². The van der Waals surface area contributed by atoms with E-state index in [-0.39, 0.29) is 29.8 Å². The number of amides is 4. The number of nitrogens with one attached hydrogen (secondary N) is 4. The Labute approximate surface area is 311 Å². The number of pyridine rings is 1. The lowest BCUT2D eigenvalue weighted by Gasteiger charge is -2.28. The van der Waals surface area contributed by atoms with Crippen LogP contribution in [0.15, 0.2) is 54.9 Å². The number of carbonyl (C=O) groups excluding carboxylic acids is 4. The number of likely N-dealkylation sites (tertiary alicyclic amines) is 2. The third kappa shape index (κ3) is 6.81. The number of aromatic amines is 2. The van der Waals surface area contributed by atoms with Crippen LogP contribution in [0, 0.1) is 5.92 Å². The second-order valence-electron chi connectivity index (χ2n) is 14.4. The molecule has 0 spiro atoms. The number of nitrogens with zero attached hydrogens (tertiary/aromatic N) is 5. The highest BCUT2D eigenvalue weighted by Gasteiger charge is 2.43. The highest BCUT2D eigenvalue weighted by atomic mass is 16.5. The lowest BCUT2D eigenvalue weighted by molar-refractivity contribution is -0.135. The molecule has 0 radical (unpaired) electrons. The smallest absolute Gasteiger partial charge is 0.407 e. The highest BCUT2D eigenvalue weighted by molar-refractivity contribution is 5.91. The molecule has 3 aliphatic rings. The quantitative estimate of drug-likeness (QED) is 0.154. The fourth-order valence-electron chi connectivity index (χ4n) is 7.83. The summed E-state index contributed by atoms with van der Waals surface area (Å²) in [5.74, 6) is 1.29. The molecule has 280 valence electrons. The maximum Gasteiger partial charge on any atom is 0.407 e. The molecule has 1 aliphatic carbocycles. The molecule has 8 rings (SSSR count). The molecular formula is C39H43N9O6. The van der Waals surface area contributed by atoms with E-state index in [1.165, 1.54) is 14.2 Å².